The third-order valence-corrected chi connectivity index (χ3v) is 2.42. The van der Waals surface area contributed by atoms with Crippen LogP contribution in [-0.2, 0) is 20.1 Å². The average Bonchev–Trinajstić information content (AvgIpc) is 2.83. The van der Waals surface area contributed by atoms with E-state index in [-0.39, 0.29) is 0 Å². The number of aryl methyl sites for hydroxylation is 2. The van der Waals surface area contributed by atoms with E-state index in [4.69, 9.17) is 0 Å². The van der Waals surface area contributed by atoms with Crippen molar-refractivity contribution in [3.8, 4) is 0 Å². The molecule has 2 aromatic rings. The lowest BCUT2D eigenvalue weighted by molar-refractivity contribution is 0.743. The maximum absolute atomic E-state index is 4.42. The molecule has 0 atom stereocenters. The van der Waals surface area contributed by atoms with Gasteiger partial charge in [-0.05, 0) is 13.0 Å². The first-order chi connectivity index (χ1) is 8.19. The molecule has 0 spiro atoms. The minimum Gasteiger partial charge on any atom is -0.350 e. The minimum absolute atomic E-state index is 0.675. The maximum Gasteiger partial charge on any atom is 0.203 e. The topological polar surface area (TPSA) is 47.7 Å². The Morgan fingerprint density at radius 2 is 2.35 bits per heavy atom. The number of aromatic nitrogens is 4. The van der Waals surface area contributed by atoms with Gasteiger partial charge < -0.3 is 9.88 Å². The van der Waals surface area contributed by atoms with E-state index in [0.29, 0.717) is 6.54 Å². The summed E-state index contributed by atoms with van der Waals surface area (Å²) in [6, 6.07) is 1.99. The molecule has 0 aliphatic heterocycles. The van der Waals surface area contributed by atoms with Crippen LogP contribution in [0.5, 0.6) is 0 Å². The molecule has 2 aromatic heterocycles. The molecule has 0 radical (unpaired) electrons. The Kier molecular flexibility index (Phi) is 3.27. The molecule has 0 aromatic carbocycles. The molecular weight excluding hydrogens is 214 g/mol. The van der Waals surface area contributed by atoms with Gasteiger partial charge in [0.1, 0.15) is 0 Å². The summed E-state index contributed by atoms with van der Waals surface area (Å²) in [5, 5.41) is 7.58. The summed E-state index contributed by atoms with van der Waals surface area (Å²) < 4.78 is 3.82. The lowest BCUT2D eigenvalue weighted by atomic mass is 10.4. The van der Waals surface area contributed by atoms with Crippen molar-refractivity contribution in [2.75, 3.05) is 5.32 Å². The van der Waals surface area contributed by atoms with E-state index < -0.39 is 0 Å². The summed E-state index contributed by atoms with van der Waals surface area (Å²) in [7, 11) is 1.91. The van der Waals surface area contributed by atoms with Gasteiger partial charge in [-0.2, -0.15) is 5.10 Å². The highest BCUT2D eigenvalue weighted by molar-refractivity contribution is 5.30. The molecule has 0 saturated heterocycles. The zero-order valence-electron chi connectivity index (χ0n) is 10.2. The van der Waals surface area contributed by atoms with Crippen molar-refractivity contribution >= 4 is 5.95 Å². The smallest absolute Gasteiger partial charge is 0.203 e. The minimum atomic E-state index is 0.675. The number of rotatable bonds is 5. The van der Waals surface area contributed by atoms with E-state index in [2.05, 4.69) is 22.0 Å². The van der Waals surface area contributed by atoms with Crippen LogP contribution in [0.4, 0.5) is 5.95 Å². The number of nitrogens with one attached hydrogen (secondary N) is 1. The summed E-state index contributed by atoms with van der Waals surface area (Å²) in [6.45, 7) is 7.14. The van der Waals surface area contributed by atoms with E-state index in [1.54, 1.807) is 4.68 Å². The second-order valence-electron chi connectivity index (χ2n) is 3.98. The van der Waals surface area contributed by atoms with Gasteiger partial charge in [-0.15, -0.1) is 6.58 Å². The quantitative estimate of drug-likeness (QED) is 0.797. The van der Waals surface area contributed by atoms with Crippen LogP contribution in [0.2, 0.25) is 0 Å². The summed E-state index contributed by atoms with van der Waals surface area (Å²) >= 11 is 0. The van der Waals surface area contributed by atoms with Gasteiger partial charge >= 0.3 is 0 Å². The summed E-state index contributed by atoms with van der Waals surface area (Å²) in [4.78, 5) is 4.42. The highest BCUT2D eigenvalue weighted by atomic mass is 15.3. The SMILES string of the molecule is C=CCn1cc(C)nc1NCc1ccn(C)n1. The Bertz CT molecular complexity index is 509. The van der Waals surface area contributed by atoms with Gasteiger partial charge in [0.25, 0.3) is 0 Å². The second kappa shape index (κ2) is 4.86. The molecule has 0 amide bonds. The van der Waals surface area contributed by atoms with Crippen molar-refractivity contribution in [2.45, 2.75) is 20.0 Å². The first-order valence-corrected chi connectivity index (χ1v) is 5.56. The van der Waals surface area contributed by atoms with Gasteiger partial charge in [0.15, 0.2) is 0 Å². The number of anilines is 1. The van der Waals surface area contributed by atoms with E-state index in [1.807, 2.05) is 43.1 Å². The number of nitrogens with zero attached hydrogens (tertiary/aromatic N) is 4. The lowest BCUT2D eigenvalue weighted by Gasteiger charge is -2.06. The van der Waals surface area contributed by atoms with Gasteiger partial charge in [0.2, 0.25) is 5.95 Å². The van der Waals surface area contributed by atoms with Crippen LogP contribution in [0.3, 0.4) is 0 Å². The van der Waals surface area contributed by atoms with Crippen LogP contribution < -0.4 is 5.32 Å². The fourth-order valence-corrected chi connectivity index (χ4v) is 1.69. The fraction of sp³-hybridized carbons (Fsp3) is 0.333. The molecule has 1 N–H and O–H groups in total. The van der Waals surface area contributed by atoms with Crippen molar-refractivity contribution in [1.29, 1.82) is 0 Å². The number of imidazole rings is 1. The van der Waals surface area contributed by atoms with Crippen LogP contribution >= 0.6 is 0 Å². The number of allylic oxidation sites excluding steroid dienone is 1. The van der Waals surface area contributed by atoms with Crippen LogP contribution in [0.1, 0.15) is 11.4 Å². The molecule has 0 aliphatic carbocycles. The van der Waals surface area contributed by atoms with Crippen LogP contribution in [0.25, 0.3) is 0 Å². The van der Waals surface area contributed by atoms with Gasteiger partial charge in [0, 0.05) is 26.0 Å². The molecule has 2 heterocycles. The maximum atomic E-state index is 4.42. The molecule has 5 heteroatoms. The largest absolute Gasteiger partial charge is 0.350 e. The normalized spacial score (nSPS) is 10.5. The highest BCUT2D eigenvalue weighted by Crippen LogP contribution is 2.09. The average molecular weight is 231 g/mol. The van der Waals surface area contributed by atoms with Gasteiger partial charge in [-0.3, -0.25) is 4.68 Å². The van der Waals surface area contributed by atoms with E-state index in [1.165, 1.54) is 0 Å². The van der Waals surface area contributed by atoms with Crippen LogP contribution in [0.15, 0.2) is 31.1 Å². The second-order valence-corrected chi connectivity index (χ2v) is 3.98. The zero-order valence-corrected chi connectivity index (χ0v) is 10.2. The third-order valence-electron chi connectivity index (χ3n) is 2.42. The Labute approximate surface area is 101 Å². The van der Waals surface area contributed by atoms with Crippen molar-refractivity contribution < 1.29 is 0 Å². The van der Waals surface area contributed by atoms with Gasteiger partial charge in [-0.25, -0.2) is 4.98 Å². The fourth-order valence-electron chi connectivity index (χ4n) is 1.69. The predicted molar refractivity (Wildman–Crippen MR) is 67.7 cm³/mol. The number of hydrogen-bond donors (Lipinski definition) is 1. The summed E-state index contributed by atoms with van der Waals surface area (Å²) in [5.41, 5.74) is 1.99. The first-order valence-electron chi connectivity index (χ1n) is 5.56. The Morgan fingerprint density at radius 1 is 1.53 bits per heavy atom. The zero-order chi connectivity index (χ0) is 12.3. The van der Waals surface area contributed by atoms with Crippen molar-refractivity contribution in [2.24, 2.45) is 7.05 Å². The van der Waals surface area contributed by atoms with Crippen molar-refractivity contribution in [1.82, 2.24) is 19.3 Å². The molecule has 17 heavy (non-hydrogen) atoms. The monoisotopic (exact) mass is 231 g/mol. The van der Waals surface area contributed by atoms with E-state index in [0.717, 1.165) is 23.9 Å². The Morgan fingerprint density at radius 3 is 3.00 bits per heavy atom. The van der Waals surface area contributed by atoms with Crippen LogP contribution in [-0.4, -0.2) is 19.3 Å². The molecular formula is C12H17N5. The van der Waals surface area contributed by atoms with Crippen molar-refractivity contribution in [3.63, 3.8) is 0 Å². The molecule has 0 saturated carbocycles. The standard InChI is InChI=1S/C12H17N5/c1-4-6-17-9-10(2)14-12(17)13-8-11-5-7-16(3)15-11/h4-5,7,9H,1,6,8H2,2-3H3,(H,13,14). The van der Waals surface area contributed by atoms with E-state index in [9.17, 15) is 0 Å². The lowest BCUT2D eigenvalue weighted by Crippen LogP contribution is -2.07. The Balaban J connectivity index is 2.05. The summed E-state index contributed by atoms with van der Waals surface area (Å²) in [6.07, 6.45) is 5.79. The molecule has 0 fully saturated rings. The molecule has 0 unspecified atom stereocenters. The third kappa shape index (κ3) is 2.75. The summed E-state index contributed by atoms with van der Waals surface area (Å²) in [5.74, 6) is 0.855. The van der Waals surface area contributed by atoms with Gasteiger partial charge in [0.05, 0.1) is 17.9 Å². The molecule has 0 aliphatic rings. The predicted octanol–water partition coefficient (Wildman–Crippen LogP) is 1.72. The molecule has 5 nitrogen and oxygen atoms in total. The van der Waals surface area contributed by atoms with Gasteiger partial charge in [-0.1, -0.05) is 6.08 Å². The molecule has 2 rings (SSSR count). The Hall–Kier alpha value is -2.04. The number of hydrogen-bond acceptors (Lipinski definition) is 3. The van der Waals surface area contributed by atoms with Crippen molar-refractivity contribution in [3.05, 3.63) is 42.5 Å². The first kappa shape index (κ1) is 11.4. The molecule has 0 bridgehead atoms. The molecule has 90 valence electrons. The van der Waals surface area contributed by atoms with Crippen LogP contribution in [0, 0.1) is 6.92 Å². The highest BCUT2D eigenvalue weighted by Gasteiger charge is 2.04. The van der Waals surface area contributed by atoms with E-state index >= 15 is 0 Å².